The first-order valence-corrected chi connectivity index (χ1v) is 7.64. The smallest absolute Gasteiger partial charge is 0.0540 e. The minimum absolute atomic E-state index is 0.115. The van der Waals surface area contributed by atoms with E-state index in [2.05, 4.69) is 47.6 Å². The Labute approximate surface area is 114 Å². The van der Waals surface area contributed by atoms with Crippen molar-refractivity contribution in [2.45, 2.75) is 73.3 Å². The molecule has 0 aromatic heterocycles. The fourth-order valence-electron chi connectivity index (χ4n) is 3.11. The van der Waals surface area contributed by atoms with Gasteiger partial charge in [0.15, 0.2) is 0 Å². The number of allylic oxidation sites excluding steroid dienone is 2. The maximum Gasteiger partial charge on any atom is 0.0540 e. The maximum atomic E-state index is 9.92. The molecule has 1 N–H and O–H groups in total. The fourth-order valence-corrected chi connectivity index (χ4v) is 3.11. The third-order valence-electron chi connectivity index (χ3n) is 5.32. The third-order valence-corrected chi connectivity index (χ3v) is 5.32. The van der Waals surface area contributed by atoms with Gasteiger partial charge in [-0.3, -0.25) is 0 Å². The average Bonchev–Trinajstić information content (AvgIpc) is 2.54. The number of aliphatic hydroxyl groups is 1. The van der Waals surface area contributed by atoms with Crippen LogP contribution in [0.5, 0.6) is 0 Å². The molecule has 0 saturated heterocycles. The zero-order valence-corrected chi connectivity index (χ0v) is 13.2. The molecule has 0 spiro atoms. The van der Waals surface area contributed by atoms with Crippen LogP contribution in [0.15, 0.2) is 11.6 Å². The van der Waals surface area contributed by atoms with Crippen molar-refractivity contribution in [2.24, 2.45) is 23.2 Å². The largest absolute Gasteiger partial charge is 0.393 e. The lowest BCUT2D eigenvalue weighted by Gasteiger charge is -2.34. The Morgan fingerprint density at radius 3 is 2.39 bits per heavy atom. The van der Waals surface area contributed by atoms with Gasteiger partial charge in [0.25, 0.3) is 0 Å². The first-order chi connectivity index (χ1) is 8.28. The minimum atomic E-state index is -0.115. The van der Waals surface area contributed by atoms with Crippen LogP contribution >= 0.6 is 0 Å². The molecular weight excluding hydrogens is 220 g/mol. The van der Waals surface area contributed by atoms with E-state index in [9.17, 15) is 5.11 Å². The summed E-state index contributed by atoms with van der Waals surface area (Å²) in [7, 11) is 0. The summed E-state index contributed by atoms with van der Waals surface area (Å²) in [5.74, 6) is 2.08. The highest BCUT2D eigenvalue weighted by Gasteiger charge is 2.36. The lowest BCUT2D eigenvalue weighted by atomic mass is 9.71. The summed E-state index contributed by atoms with van der Waals surface area (Å²) < 4.78 is 0. The predicted molar refractivity (Wildman–Crippen MR) is 79.5 cm³/mol. The molecule has 0 aromatic rings. The second kappa shape index (κ2) is 6.23. The molecule has 0 amide bonds. The zero-order valence-electron chi connectivity index (χ0n) is 13.2. The SMILES string of the molecule is CCC(O)CC(CC1CC=C(C)C1(C)C)C(C)C. The van der Waals surface area contributed by atoms with E-state index < -0.39 is 0 Å². The molecule has 3 unspecified atom stereocenters. The lowest BCUT2D eigenvalue weighted by Crippen LogP contribution is -2.26. The summed E-state index contributed by atoms with van der Waals surface area (Å²) in [4.78, 5) is 0. The Hall–Kier alpha value is -0.300. The highest BCUT2D eigenvalue weighted by atomic mass is 16.3. The minimum Gasteiger partial charge on any atom is -0.393 e. The first kappa shape index (κ1) is 15.8. The molecule has 3 atom stereocenters. The van der Waals surface area contributed by atoms with Gasteiger partial charge in [-0.2, -0.15) is 0 Å². The van der Waals surface area contributed by atoms with Gasteiger partial charge >= 0.3 is 0 Å². The fraction of sp³-hybridized carbons (Fsp3) is 0.882. The van der Waals surface area contributed by atoms with Crippen LogP contribution in [-0.2, 0) is 0 Å². The molecular formula is C17H32O. The van der Waals surface area contributed by atoms with Crippen molar-refractivity contribution in [1.29, 1.82) is 0 Å². The topological polar surface area (TPSA) is 20.2 Å². The normalized spacial score (nSPS) is 26.2. The van der Waals surface area contributed by atoms with Crippen LogP contribution in [0.3, 0.4) is 0 Å². The molecule has 1 aliphatic rings. The number of hydrogen-bond acceptors (Lipinski definition) is 1. The van der Waals surface area contributed by atoms with Crippen molar-refractivity contribution in [2.75, 3.05) is 0 Å². The van der Waals surface area contributed by atoms with Crippen LogP contribution < -0.4 is 0 Å². The van der Waals surface area contributed by atoms with Crippen molar-refractivity contribution in [1.82, 2.24) is 0 Å². The van der Waals surface area contributed by atoms with Gasteiger partial charge in [-0.1, -0.05) is 46.3 Å². The highest BCUT2D eigenvalue weighted by Crippen LogP contribution is 2.47. The molecule has 0 bridgehead atoms. The van der Waals surface area contributed by atoms with Gasteiger partial charge in [0.1, 0.15) is 0 Å². The van der Waals surface area contributed by atoms with Crippen LogP contribution in [0.4, 0.5) is 0 Å². The van der Waals surface area contributed by atoms with E-state index in [1.807, 2.05) is 0 Å². The number of rotatable bonds is 6. The van der Waals surface area contributed by atoms with E-state index >= 15 is 0 Å². The van der Waals surface area contributed by atoms with Crippen LogP contribution in [0, 0.1) is 23.2 Å². The van der Waals surface area contributed by atoms with E-state index in [4.69, 9.17) is 0 Å². The van der Waals surface area contributed by atoms with Crippen LogP contribution in [0.1, 0.15) is 67.2 Å². The Morgan fingerprint density at radius 1 is 1.39 bits per heavy atom. The summed E-state index contributed by atoms with van der Waals surface area (Å²) in [5.41, 5.74) is 1.90. The Bertz CT molecular complexity index is 288. The van der Waals surface area contributed by atoms with E-state index in [0.717, 1.165) is 18.8 Å². The monoisotopic (exact) mass is 252 g/mol. The van der Waals surface area contributed by atoms with E-state index in [1.165, 1.54) is 12.8 Å². The molecule has 18 heavy (non-hydrogen) atoms. The summed E-state index contributed by atoms with van der Waals surface area (Å²) in [5, 5.41) is 9.92. The lowest BCUT2D eigenvalue weighted by molar-refractivity contribution is 0.105. The molecule has 0 saturated carbocycles. The number of hydrogen-bond donors (Lipinski definition) is 1. The Morgan fingerprint density at radius 2 is 2.00 bits per heavy atom. The van der Waals surface area contributed by atoms with Gasteiger partial charge in [0.05, 0.1) is 6.10 Å². The van der Waals surface area contributed by atoms with Gasteiger partial charge in [0, 0.05) is 0 Å². The zero-order chi connectivity index (χ0) is 13.9. The molecule has 1 nitrogen and oxygen atoms in total. The van der Waals surface area contributed by atoms with E-state index in [0.29, 0.717) is 17.3 Å². The predicted octanol–water partition coefficient (Wildman–Crippen LogP) is 4.80. The van der Waals surface area contributed by atoms with Crippen molar-refractivity contribution in [3.63, 3.8) is 0 Å². The second-order valence-corrected chi connectivity index (χ2v) is 7.08. The molecule has 0 aliphatic heterocycles. The van der Waals surface area contributed by atoms with Crippen molar-refractivity contribution in [3.05, 3.63) is 11.6 Å². The quantitative estimate of drug-likeness (QED) is 0.673. The average molecular weight is 252 g/mol. The molecule has 1 aliphatic carbocycles. The number of aliphatic hydroxyl groups excluding tert-OH is 1. The van der Waals surface area contributed by atoms with Crippen LogP contribution in [0.2, 0.25) is 0 Å². The molecule has 1 rings (SSSR count). The van der Waals surface area contributed by atoms with Gasteiger partial charge in [0.2, 0.25) is 0 Å². The van der Waals surface area contributed by atoms with Gasteiger partial charge in [-0.15, -0.1) is 0 Å². The maximum absolute atomic E-state index is 9.92. The van der Waals surface area contributed by atoms with E-state index in [1.54, 1.807) is 5.57 Å². The summed E-state index contributed by atoms with van der Waals surface area (Å²) in [6.45, 7) is 13.7. The molecule has 0 fully saturated rings. The second-order valence-electron chi connectivity index (χ2n) is 7.08. The first-order valence-electron chi connectivity index (χ1n) is 7.64. The van der Waals surface area contributed by atoms with Gasteiger partial charge < -0.3 is 5.11 Å². The van der Waals surface area contributed by atoms with Crippen LogP contribution in [0.25, 0.3) is 0 Å². The Kier molecular flexibility index (Phi) is 5.46. The van der Waals surface area contributed by atoms with Crippen molar-refractivity contribution < 1.29 is 5.11 Å². The molecule has 0 heterocycles. The Balaban J connectivity index is 2.63. The summed E-state index contributed by atoms with van der Waals surface area (Å²) >= 11 is 0. The standard InChI is InChI=1S/C17H32O/c1-7-16(18)11-14(12(2)3)10-15-9-8-13(4)17(15,5)6/h8,12,14-16,18H,7,9-11H2,1-6H3. The van der Waals surface area contributed by atoms with E-state index in [-0.39, 0.29) is 6.10 Å². The summed E-state index contributed by atoms with van der Waals surface area (Å²) in [6.07, 6.45) is 6.64. The molecule has 0 radical (unpaired) electrons. The molecule has 106 valence electrons. The van der Waals surface area contributed by atoms with Crippen molar-refractivity contribution in [3.8, 4) is 0 Å². The van der Waals surface area contributed by atoms with Crippen molar-refractivity contribution >= 4 is 0 Å². The third kappa shape index (κ3) is 3.60. The van der Waals surface area contributed by atoms with Gasteiger partial charge in [-0.25, -0.2) is 0 Å². The van der Waals surface area contributed by atoms with Gasteiger partial charge in [-0.05, 0) is 55.8 Å². The molecule has 1 heteroatoms. The molecule has 0 aromatic carbocycles. The van der Waals surface area contributed by atoms with Crippen LogP contribution in [-0.4, -0.2) is 11.2 Å². The highest BCUT2D eigenvalue weighted by molar-refractivity contribution is 5.18. The summed E-state index contributed by atoms with van der Waals surface area (Å²) in [6, 6.07) is 0.